The lowest BCUT2D eigenvalue weighted by Crippen LogP contribution is -2.12. The number of oxime groups is 1. The van der Waals surface area contributed by atoms with E-state index >= 15 is 0 Å². The van der Waals surface area contributed by atoms with Gasteiger partial charge in [-0.25, -0.2) is 0 Å². The Balaban J connectivity index is 2.54. The van der Waals surface area contributed by atoms with Crippen molar-refractivity contribution >= 4 is 17.8 Å². The molecule has 0 aliphatic carbocycles. The van der Waals surface area contributed by atoms with E-state index in [4.69, 9.17) is 5.21 Å². The van der Waals surface area contributed by atoms with Crippen LogP contribution in [0.15, 0.2) is 29.4 Å². The summed E-state index contributed by atoms with van der Waals surface area (Å²) in [4.78, 5) is 11.0. The van der Waals surface area contributed by atoms with Crippen LogP contribution in [0.4, 0.5) is 5.69 Å². The first-order valence-electron chi connectivity index (χ1n) is 5.33. The molecule has 0 spiro atoms. The third-order valence-corrected chi connectivity index (χ3v) is 2.22. The first-order valence-corrected chi connectivity index (χ1v) is 5.33. The number of hydrogen-bond acceptors (Lipinski definition) is 3. The Morgan fingerprint density at radius 3 is 2.69 bits per heavy atom. The summed E-state index contributed by atoms with van der Waals surface area (Å²) >= 11 is 0. The number of anilines is 1. The van der Waals surface area contributed by atoms with Gasteiger partial charge in [-0.05, 0) is 30.5 Å². The zero-order valence-corrected chi connectivity index (χ0v) is 9.31. The fraction of sp³-hybridized carbons (Fsp3) is 0.333. The Labute approximate surface area is 95.0 Å². The molecule has 0 unspecified atom stereocenters. The number of hydrogen-bond donors (Lipinski definition) is 2. The second-order valence-corrected chi connectivity index (χ2v) is 3.53. The van der Waals surface area contributed by atoms with Gasteiger partial charge in [0.25, 0.3) is 5.91 Å². The number of rotatable bonds is 5. The lowest BCUT2D eigenvalue weighted by Gasteiger charge is -2.03. The van der Waals surface area contributed by atoms with Crippen LogP contribution in [0.2, 0.25) is 0 Å². The van der Waals surface area contributed by atoms with Gasteiger partial charge in [0, 0.05) is 5.69 Å². The zero-order chi connectivity index (χ0) is 11.8. The molecule has 0 atom stereocenters. The fourth-order valence-corrected chi connectivity index (χ4v) is 1.36. The van der Waals surface area contributed by atoms with E-state index in [9.17, 15) is 4.79 Å². The molecule has 1 aromatic rings. The van der Waals surface area contributed by atoms with Crippen LogP contribution in [-0.2, 0) is 11.2 Å². The molecule has 4 heteroatoms. The van der Waals surface area contributed by atoms with Crippen LogP contribution >= 0.6 is 0 Å². The Kier molecular flexibility index (Phi) is 5.05. The maximum Gasteiger partial charge on any atom is 0.270 e. The highest BCUT2D eigenvalue weighted by Crippen LogP contribution is 2.11. The maximum absolute atomic E-state index is 11.0. The van der Waals surface area contributed by atoms with Crippen LogP contribution in [0.1, 0.15) is 25.3 Å². The maximum atomic E-state index is 11.0. The number of nitrogens with zero attached hydrogens (tertiary/aromatic N) is 1. The SMILES string of the molecule is CCCCc1ccc(NC(=O)C=NO)cc1. The van der Waals surface area contributed by atoms with Crippen LogP contribution in [0, 0.1) is 0 Å². The summed E-state index contributed by atoms with van der Waals surface area (Å²) in [6, 6.07) is 7.66. The number of amides is 1. The number of benzene rings is 1. The highest BCUT2D eigenvalue weighted by atomic mass is 16.4. The van der Waals surface area contributed by atoms with Crippen molar-refractivity contribution in [3.63, 3.8) is 0 Å². The normalized spacial score (nSPS) is 10.6. The smallest absolute Gasteiger partial charge is 0.270 e. The van der Waals surface area contributed by atoms with Gasteiger partial charge in [-0.15, -0.1) is 0 Å². The summed E-state index contributed by atoms with van der Waals surface area (Å²) in [7, 11) is 0. The van der Waals surface area contributed by atoms with Crippen molar-refractivity contribution in [3.8, 4) is 0 Å². The molecule has 1 aromatic carbocycles. The summed E-state index contributed by atoms with van der Waals surface area (Å²) in [5, 5.41) is 13.4. The number of carbonyl (C=O) groups is 1. The summed E-state index contributed by atoms with van der Waals surface area (Å²) in [6.45, 7) is 2.16. The Hall–Kier alpha value is -1.84. The molecule has 2 N–H and O–H groups in total. The minimum atomic E-state index is -0.441. The van der Waals surface area contributed by atoms with E-state index in [1.807, 2.05) is 24.3 Å². The lowest BCUT2D eigenvalue weighted by molar-refractivity contribution is -0.110. The highest BCUT2D eigenvalue weighted by molar-refractivity contribution is 6.31. The lowest BCUT2D eigenvalue weighted by atomic mass is 10.1. The molecule has 16 heavy (non-hydrogen) atoms. The van der Waals surface area contributed by atoms with Crippen molar-refractivity contribution in [1.29, 1.82) is 0 Å². The van der Waals surface area contributed by atoms with Crippen LogP contribution < -0.4 is 5.32 Å². The number of aryl methyl sites for hydroxylation is 1. The molecule has 1 rings (SSSR count). The summed E-state index contributed by atoms with van der Waals surface area (Å²) in [5.74, 6) is -0.441. The first kappa shape index (κ1) is 12.2. The van der Waals surface area contributed by atoms with Crippen molar-refractivity contribution in [2.24, 2.45) is 5.16 Å². The Morgan fingerprint density at radius 1 is 1.44 bits per heavy atom. The van der Waals surface area contributed by atoms with Crippen LogP contribution in [0.3, 0.4) is 0 Å². The monoisotopic (exact) mass is 220 g/mol. The topological polar surface area (TPSA) is 61.7 Å². The van der Waals surface area contributed by atoms with E-state index in [1.165, 1.54) is 18.4 Å². The van der Waals surface area contributed by atoms with Gasteiger partial charge in [-0.2, -0.15) is 0 Å². The largest absolute Gasteiger partial charge is 0.411 e. The van der Waals surface area contributed by atoms with E-state index in [0.717, 1.165) is 12.6 Å². The second kappa shape index (κ2) is 6.61. The number of unbranched alkanes of at least 4 members (excludes halogenated alkanes) is 1. The standard InChI is InChI=1S/C12H16N2O2/c1-2-3-4-10-5-7-11(8-6-10)14-12(15)9-13-16/h5-9,16H,2-4H2,1H3,(H,14,15). The molecule has 0 saturated carbocycles. The van der Waals surface area contributed by atoms with Crippen LogP contribution in [-0.4, -0.2) is 17.3 Å². The van der Waals surface area contributed by atoms with E-state index in [0.29, 0.717) is 5.69 Å². The average Bonchev–Trinajstić information content (AvgIpc) is 2.28. The predicted molar refractivity (Wildman–Crippen MR) is 64.0 cm³/mol. The molecule has 1 amide bonds. The second-order valence-electron chi connectivity index (χ2n) is 3.53. The van der Waals surface area contributed by atoms with Gasteiger partial charge >= 0.3 is 0 Å². The van der Waals surface area contributed by atoms with Crippen molar-refractivity contribution < 1.29 is 10.0 Å². The van der Waals surface area contributed by atoms with Crippen molar-refractivity contribution in [2.75, 3.05) is 5.32 Å². The van der Waals surface area contributed by atoms with Crippen molar-refractivity contribution in [2.45, 2.75) is 26.2 Å². The van der Waals surface area contributed by atoms with Gasteiger partial charge in [0.05, 0.1) is 0 Å². The van der Waals surface area contributed by atoms with Crippen LogP contribution in [0.5, 0.6) is 0 Å². The quantitative estimate of drug-likeness (QED) is 0.455. The van der Waals surface area contributed by atoms with Gasteiger partial charge in [-0.3, -0.25) is 4.79 Å². The van der Waals surface area contributed by atoms with Gasteiger partial charge < -0.3 is 10.5 Å². The van der Waals surface area contributed by atoms with Gasteiger partial charge in [0.1, 0.15) is 6.21 Å². The number of carbonyl (C=O) groups excluding carboxylic acids is 1. The molecule has 4 nitrogen and oxygen atoms in total. The third kappa shape index (κ3) is 4.13. The molecule has 86 valence electrons. The predicted octanol–water partition coefficient (Wildman–Crippen LogP) is 2.43. The minimum Gasteiger partial charge on any atom is -0.411 e. The molecule has 0 saturated heterocycles. The Morgan fingerprint density at radius 2 is 2.12 bits per heavy atom. The molecule has 0 radical (unpaired) electrons. The summed E-state index contributed by atoms with van der Waals surface area (Å²) < 4.78 is 0. The van der Waals surface area contributed by atoms with E-state index < -0.39 is 5.91 Å². The molecule has 0 aliphatic heterocycles. The highest BCUT2D eigenvalue weighted by Gasteiger charge is 1.98. The molecule has 0 bridgehead atoms. The molecular weight excluding hydrogens is 204 g/mol. The molecule has 0 fully saturated rings. The summed E-state index contributed by atoms with van der Waals surface area (Å²) in [6.07, 6.45) is 4.22. The van der Waals surface area contributed by atoms with E-state index in [1.54, 1.807) is 0 Å². The molecular formula is C12H16N2O2. The summed E-state index contributed by atoms with van der Waals surface area (Å²) in [5.41, 5.74) is 1.96. The molecule has 0 aromatic heterocycles. The Bertz CT molecular complexity index is 358. The number of nitrogens with one attached hydrogen (secondary N) is 1. The van der Waals surface area contributed by atoms with Crippen molar-refractivity contribution in [3.05, 3.63) is 29.8 Å². The molecule has 0 heterocycles. The minimum absolute atomic E-state index is 0.441. The first-order chi connectivity index (χ1) is 7.76. The van der Waals surface area contributed by atoms with E-state index in [-0.39, 0.29) is 0 Å². The zero-order valence-electron chi connectivity index (χ0n) is 9.31. The fourth-order valence-electron chi connectivity index (χ4n) is 1.36. The van der Waals surface area contributed by atoms with Crippen LogP contribution in [0.25, 0.3) is 0 Å². The third-order valence-electron chi connectivity index (χ3n) is 2.22. The van der Waals surface area contributed by atoms with Gasteiger partial charge in [-0.1, -0.05) is 30.6 Å². The average molecular weight is 220 g/mol. The van der Waals surface area contributed by atoms with Gasteiger partial charge in [0.2, 0.25) is 0 Å². The van der Waals surface area contributed by atoms with E-state index in [2.05, 4.69) is 17.4 Å². The van der Waals surface area contributed by atoms with Gasteiger partial charge in [0.15, 0.2) is 0 Å². The van der Waals surface area contributed by atoms with Crippen molar-refractivity contribution in [1.82, 2.24) is 0 Å². The molecule has 0 aliphatic rings.